The van der Waals surface area contributed by atoms with E-state index in [0.29, 0.717) is 11.1 Å². The third kappa shape index (κ3) is 2.63. The van der Waals surface area contributed by atoms with Crippen molar-refractivity contribution < 1.29 is 14.3 Å². The standard InChI is InChI=1S/C15H19NO3/c1-4-16(5-2)9-11-6-7-13-12(8-11)10(3)14(19-13)15(17)18/h6-8H,4-5,9H2,1-3H3,(H,17,18). The maximum atomic E-state index is 11.0. The van der Waals surface area contributed by atoms with Gasteiger partial charge in [0.1, 0.15) is 5.58 Å². The van der Waals surface area contributed by atoms with Gasteiger partial charge in [-0.25, -0.2) is 4.79 Å². The van der Waals surface area contributed by atoms with E-state index in [1.807, 2.05) is 18.2 Å². The number of rotatable bonds is 5. The predicted octanol–water partition coefficient (Wildman–Crippen LogP) is 3.28. The summed E-state index contributed by atoms with van der Waals surface area (Å²) in [6, 6.07) is 5.88. The SMILES string of the molecule is CCN(CC)Cc1ccc2oc(C(=O)O)c(C)c2c1. The number of carbonyl (C=O) groups is 1. The van der Waals surface area contributed by atoms with Crippen molar-refractivity contribution in [3.63, 3.8) is 0 Å². The van der Waals surface area contributed by atoms with Crippen molar-refractivity contribution in [2.75, 3.05) is 13.1 Å². The van der Waals surface area contributed by atoms with Crippen molar-refractivity contribution in [1.82, 2.24) is 4.90 Å². The van der Waals surface area contributed by atoms with Crippen LogP contribution in [0.5, 0.6) is 0 Å². The fourth-order valence-corrected chi connectivity index (χ4v) is 2.28. The highest BCUT2D eigenvalue weighted by Gasteiger charge is 2.16. The summed E-state index contributed by atoms with van der Waals surface area (Å²) in [6.45, 7) is 8.92. The van der Waals surface area contributed by atoms with Crippen LogP contribution < -0.4 is 0 Å². The molecule has 1 N–H and O–H groups in total. The summed E-state index contributed by atoms with van der Waals surface area (Å²) in [7, 11) is 0. The first-order chi connectivity index (χ1) is 9.06. The molecule has 19 heavy (non-hydrogen) atoms. The number of carboxylic acids is 1. The van der Waals surface area contributed by atoms with Gasteiger partial charge in [-0.1, -0.05) is 19.9 Å². The van der Waals surface area contributed by atoms with E-state index in [0.717, 1.165) is 25.0 Å². The maximum absolute atomic E-state index is 11.0. The van der Waals surface area contributed by atoms with Crippen LogP contribution >= 0.6 is 0 Å². The molecule has 0 unspecified atom stereocenters. The van der Waals surface area contributed by atoms with Gasteiger partial charge in [0, 0.05) is 17.5 Å². The summed E-state index contributed by atoms with van der Waals surface area (Å²) in [5, 5.41) is 9.95. The normalized spacial score (nSPS) is 11.4. The Labute approximate surface area is 112 Å². The number of hydrogen-bond acceptors (Lipinski definition) is 3. The molecule has 0 atom stereocenters. The molecule has 0 fully saturated rings. The van der Waals surface area contributed by atoms with Gasteiger partial charge in [0.25, 0.3) is 0 Å². The Kier molecular flexibility index (Phi) is 3.90. The van der Waals surface area contributed by atoms with Crippen LogP contribution in [-0.2, 0) is 6.54 Å². The largest absolute Gasteiger partial charge is 0.475 e. The number of aromatic carboxylic acids is 1. The Hall–Kier alpha value is -1.81. The maximum Gasteiger partial charge on any atom is 0.372 e. The summed E-state index contributed by atoms with van der Waals surface area (Å²) in [5.41, 5.74) is 2.51. The number of fused-ring (bicyclic) bond motifs is 1. The third-order valence-corrected chi connectivity index (χ3v) is 3.50. The molecule has 0 saturated heterocycles. The number of hydrogen-bond donors (Lipinski definition) is 1. The number of aryl methyl sites for hydroxylation is 1. The molecule has 0 spiro atoms. The lowest BCUT2D eigenvalue weighted by atomic mass is 10.1. The zero-order chi connectivity index (χ0) is 14.0. The summed E-state index contributed by atoms with van der Waals surface area (Å²) in [5.74, 6) is -0.978. The van der Waals surface area contributed by atoms with Gasteiger partial charge in [-0.2, -0.15) is 0 Å². The summed E-state index contributed by atoms with van der Waals surface area (Å²) in [6.07, 6.45) is 0. The van der Waals surface area contributed by atoms with Gasteiger partial charge < -0.3 is 9.52 Å². The molecule has 2 rings (SSSR count). The van der Waals surface area contributed by atoms with E-state index in [-0.39, 0.29) is 5.76 Å². The van der Waals surface area contributed by atoms with Crippen LogP contribution in [0.15, 0.2) is 22.6 Å². The minimum Gasteiger partial charge on any atom is -0.475 e. The van der Waals surface area contributed by atoms with Crippen molar-refractivity contribution in [2.45, 2.75) is 27.3 Å². The molecule has 1 aromatic carbocycles. The van der Waals surface area contributed by atoms with Crippen molar-refractivity contribution in [3.05, 3.63) is 35.1 Å². The van der Waals surface area contributed by atoms with E-state index < -0.39 is 5.97 Å². The van der Waals surface area contributed by atoms with E-state index in [9.17, 15) is 4.79 Å². The molecule has 0 aliphatic carbocycles. The van der Waals surface area contributed by atoms with Crippen LogP contribution in [0.25, 0.3) is 11.0 Å². The van der Waals surface area contributed by atoms with Gasteiger partial charge >= 0.3 is 5.97 Å². The summed E-state index contributed by atoms with van der Waals surface area (Å²) >= 11 is 0. The van der Waals surface area contributed by atoms with E-state index in [4.69, 9.17) is 9.52 Å². The summed E-state index contributed by atoms with van der Waals surface area (Å²) in [4.78, 5) is 13.4. The average Bonchev–Trinajstić information content (AvgIpc) is 2.73. The molecule has 0 aliphatic rings. The third-order valence-electron chi connectivity index (χ3n) is 3.50. The molecule has 2 aromatic rings. The monoisotopic (exact) mass is 261 g/mol. The molecular formula is C15H19NO3. The lowest BCUT2D eigenvalue weighted by Gasteiger charge is -2.17. The Morgan fingerprint density at radius 3 is 2.58 bits per heavy atom. The molecule has 0 saturated carbocycles. The second kappa shape index (κ2) is 5.45. The van der Waals surface area contributed by atoms with Gasteiger partial charge in [-0.15, -0.1) is 0 Å². The first kappa shape index (κ1) is 13.6. The van der Waals surface area contributed by atoms with Gasteiger partial charge in [0.05, 0.1) is 0 Å². The second-order valence-corrected chi connectivity index (χ2v) is 4.65. The number of benzene rings is 1. The van der Waals surface area contributed by atoms with Gasteiger partial charge in [-0.05, 0) is 37.7 Å². The molecule has 0 radical (unpaired) electrons. The molecule has 4 heteroatoms. The lowest BCUT2D eigenvalue weighted by Crippen LogP contribution is -2.21. The lowest BCUT2D eigenvalue weighted by molar-refractivity contribution is 0.0664. The molecule has 1 heterocycles. The quantitative estimate of drug-likeness (QED) is 0.897. The number of furan rings is 1. The highest BCUT2D eigenvalue weighted by molar-refractivity contribution is 5.95. The fourth-order valence-electron chi connectivity index (χ4n) is 2.28. The smallest absolute Gasteiger partial charge is 0.372 e. The van der Waals surface area contributed by atoms with E-state index in [1.165, 1.54) is 5.56 Å². The minimum absolute atomic E-state index is 0.0370. The molecule has 4 nitrogen and oxygen atoms in total. The van der Waals surface area contributed by atoms with Gasteiger partial charge in [-0.3, -0.25) is 4.90 Å². The highest BCUT2D eigenvalue weighted by atomic mass is 16.4. The van der Waals surface area contributed by atoms with Crippen LogP contribution in [0.2, 0.25) is 0 Å². The Morgan fingerprint density at radius 2 is 2.00 bits per heavy atom. The minimum atomic E-state index is -1.01. The fraction of sp³-hybridized carbons (Fsp3) is 0.400. The van der Waals surface area contributed by atoms with Crippen molar-refractivity contribution >= 4 is 16.9 Å². The highest BCUT2D eigenvalue weighted by Crippen LogP contribution is 2.26. The number of carboxylic acid groups (broad SMARTS) is 1. The van der Waals surface area contributed by atoms with E-state index in [2.05, 4.69) is 18.7 Å². The van der Waals surface area contributed by atoms with Crippen LogP contribution in [0.3, 0.4) is 0 Å². The van der Waals surface area contributed by atoms with Crippen molar-refractivity contribution in [1.29, 1.82) is 0 Å². The number of nitrogens with zero attached hydrogens (tertiary/aromatic N) is 1. The van der Waals surface area contributed by atoms with Crippen LogP contribution in [0.4, 0.5) is 0 Å². The Balaban J connectivity index is 2.40. The van der Waals surface area contributed by atoms with Crippen molar-refractivity contribution in [2.24, 2.45) is 0 Å². The van der Waals surface area contributed by atoms with E-state index >= 15 is 0 Å². The van der Waals surface area contributed by atoms with E-state index in [1.54, 1.807) is 6.92 Å². The van der Waals surface area contributed by atoms with Gasteiger partial charge in [0.2, 0.25) is 5.76 Å². The zero-order valence-corrected chi connectivity index (χ0v) is 11.6. The molecule has 0 bridgehead atoms. The Morgan fingerprint density at radius 1 is 1.32 bits per heavy atom. The second-order valence-electron chi connectivity index (χ2n) is 4.65. The molecule has 0 amide bonds. The topological polar surface area (TPSA) is 53.7 Å². The van der Waals surface area contributed by atoms with Gasteiger partial charge in [0.15, 0.2) is 0 Å². The zero-order valence-electron chi connectivity index (χ0n) is 11.6. The molecule has 0 aliphatic heterocycles. The van der Waals surface area contributed by atoms with Crippen LogP contribution in [0, 0.1) is 6.92 Å². The van der Waals surface area contributed by atoms with Crippen LogP contribution in [0.1, 0.15) is 35.5 Å². The first-order valence-corrected chi connectivity index (χ1v) is 6.54. The summed E-state index contributed by atoms with van der Waals surface area (Å²) < 4.78 is 5.36. The first-order valence-electron chi connectivity index (χ1n) is 6.54. The van der Waals surface area contributed by atoms with Crippen LogP contribution in [-0.4, -0.2) is 29.1 Å². The van der Waals surface area contributed by atoms with Crippen molar-refractivity contribution in [3.8, 4) is 0 Å². The molecule has 102 valence electrons. The molecular weight excluding hydrogens is 242 g/mol. The predicted molar refractivity (Wildman–Crippen MR) is 74.5 cm³/mol. The Bertz CT molecular complexity index is 597. The molecule has 1 aromatic heterocycles. The average molecular weight is 261 g/mol.